The summed E-state index contributed by atoms with van der Waals surface area (Å²) in [6.45, 7) is 2.21. The van der Waals surface area contributed by atoms with Gasteiger partial charge in [0.05, 0.1) is 22.7 Å². The lowest BCUT2D eigenvalue weighted by atomic mass is 10.1. The first-order valence-electron chi connectivity index (χ1n) is 7.43. The number of nitrogens with one attached hydrogen (secondary N) is 1. The highest BCUT2D eigenvalue weighted by molar-refractivity contribution is 6.34. The van der Waals surface area contributed by atoms with Crippen LogP contribution in [0.2, 0.25) is 10.0 Å². The van der Waals surface area contributed by atoms with E-state index in [2.05, 4.69) is 5.32 Å². The van der Waals surface area contributed by atoms with Crippen molar-refractivity contribution >= 4 is 40.5 Å². The zero-order valence-corrected chi connectivity index (χ0v) is 15.3. The highest BCUT2D eigenvalue weighted by atomic mass is 35.5. The van der Waals surface area contributed by atoms with Crippen LogP contribution < -0.4 is 5.32 Å². The van der Waals surface area contributed by atoms with E-state index in [1.54, 1.807) is 49.2 Å². The van der Waals surface area contributed by atoms with Crippen LogP contribution in [0, 0.1) is 17.0 Å². The summed E-state index contributed by atoms with van der Waals surface area (Å²) in [4.78, 5) is 24.5. The fourth-order valence-electron chi connectivity index (χ4n) is 2.46. The zero-order valence-electron chi connectivity index (χ0n) is 13.8. The van der Waals surface area contributed by atoms with Gasteiger partial charge in [0.25, 0.3) is 5.69 Å². The molecule has 6 nitrogen and oxygen atoms in total. The molecule has 1 N–H and O–H groups in total. The fourth-order valence-corrected chi connectivity index (χ4v) is 3.03. The van der Waals surface area contributed by atoms with E-state index in [0.29, 0.717) is 27.8 Å². The van der Waals surface area contributed by atoms with E-state index < -0.39 is 4.92 Å². The van der Waals surface area contributed by atoms with Crippen LogP contribution >= 0.6 is 23.2 Å². The second-order valence-corrected chi connectivity index (χ2v) is 6.58. The number of nitro groups is 1. The van der Waals surface area contributed by atoms with Crippen molar-refractivity contribution in [3.8, 4) is 0 Å². The predicted octanol–water partition coefficient (Wildman–Crippen LogP) is 4.28. The zero-order chi connectivity index (χ0) is 18.6. The van der Waals surface area contributed by atoms with Gasteiger partial charge in [0.2, 0.25) is 5.91 Å². The number of benzene rings is 2. The van der Waals surface area contributed by atoms with Crippen LogP contribution in [0.1, 0.15) is 11.1 Å². The predicted molar refractivity (Wildman–Crippen MR) is 99.3 cm³/mol. The molecule has 0 unspecified atom stereocenters. The van der Waals surface area contributed by atoms with Crippen molar-refractivity contribution in [1.82, 2.24) is 4.90 Å². The Labute approximate surface area is 155 Å². The molecule has 2 aromatic rings. The Bertz CT molecular complexity index is 791. The summed E-state index contributed by atoms with van der Waals surface area (Å²) in [5, 5.41) is 14.7. The molecule has 0 atom stereocenters. The summed E-state index contributed by atoms with van der Waals surface area (Å²) in [5.74, 6) is -0.265. The van der Waals surface area contributed by atoms with E-state index in [1.165, 1.54) is 6.07 Å². The Morgan fingerprint density at radius 2 is 1.88 bits per heavy atom. The number of likely N-dealkylation sites (N-methyl/N-ethyl adjacent to an activating group) is 1. The number of carbonyl (C=O) groups excluding carboxylic acids is 1. The largest absolute Gasteiger partial charge is 0.324 e. The first-order valence-corrected chi connectivity index (χ1v) is 8.19. The molecule has 1 amide bonds. The third-order valence-electron chi connectivity index (χ3n) is 3.56. The van der Waals surface area contributed by atoms with Crippen LogP contribution in [0.5, 0.6) is 0 Å². The first-order chi connectivity index (χ1) is 11.8. The number of amides is 1. The maximum atomic E-state index is 12.2. The molecule has 25 heavy (non-hydrogen) atoms. The standard InChI is InChI=1S/C17H17Cl2N3O3/c1-11-15(4-3-5-16(11)22(24)25)20-17(23)10-21(2)9-12-6-13(18)8-14(19)7-12/h3-8H,9-10H2,1-2H3,(H,20,23). The summed E-state index contributed by atoms with van der Waals surface area (Å²) in [6, 6.07) is 9.79. The Balaban J connectivity index is 2.00. The first kappa shape index (κ1) is 19.2. The van der Waals surface area contributed by atoms with Crippen molar-refractivity contribution in [1.29, 1.82) is 0 Å². The summed E-state index contributed by atoms with van der Waals surface area (Å²) in [5.41, 5.74) is 1.71. The SMILES string of the molecule is Cc1c(NC(=O)CN(C)Cc2cc(Cl)cc(Cl)c2)cccc1[N+](=O)[O-]. The van der Waals surface area contributed by atoms with Gasteiger partial charge in [-0.15, -0.1) is 0 Å². The quantitative estimate of drug-likeness (QED) is 0.598. The summed E-state index contributed by atoms with van der Waals surface area (Å²) in [7, 11) is 1.79. The van der Waals surface area contributed by atoms with Gasteiger partial charge in [-0.1, -0.05) is 29.3 Å². The molecule has 0 saturated heterocycles. The smallest absolute Gasteiger partial charge is 0.274 e. The lowest BCUT2D eigenvalue weighted by molar-refractivity contribution is -0.385. The Hall–Kier alpha value is -2.15. The maximum absolute atomic E-state index is 12.2. The average Bonchev–Trinajstić information content (AvgIpc) is 2.47. The number of nitro benzene ring substituents is 1. The van der Waals surface area contributed by atoms with Gasteiger partial charge >= 0.3 is 0 Å². The van der Waals surface area contributed by atoms with E-state index in [9.17, 15) is 14.9 Å². The van der Waals surface area contributed by atoms with Gasteiger partial charge in [0.15, 0.2) is 0 Å². The average molecular weight is 382 g/mol. The third-order valence-corrected chi connectivity index (χ3v) is 4.00. The van der Waals surface area contributed by atoms with Crippen LogP contribution in [0.15, 0.2) is 36.4 Å². The fraction of sp³-hybridized carbons (Fsp3) is 0.235. The molecular weight excluding hydrogens is 365 g/mol. The van der Waals surface area contributed by atoms with Crippen LogP contribution in [0.25, 0.3) is 0 Å². The topological polar surface area (TPSA) is 75.5 Å². The van der Waals surface area contributed by atoms with E-state index in [1.807, 2.05) is 0 Å². The number of hydrogen-bond donors (Lipinski definition) is 1. The van der Waals surface area contributed by atoms with Gasteiger partial charge < -0.3 is 5.32 Å². The number of carbonyl (C=O) groups is 1. The number of anilines is 1. The molecule has 8 heteroatoms. The van der Waals surface area contributed by atoms with Crippen molar-refractivity contribution in [3.05, 3.63) is 67.7 Å². The van der Waals surface area contributed by atoms with Crippen LogP contribution in [-0.2, 0) is 11.3 Å². The van der Waals surface area contributed by atoms with Crippen LogP contribution in [0.3, 0.4) is 0 Å². The van der Waals surface area contributed by atoms with E-state index in [4.69, 9.17) is 23.2 Å². The number of rotatable bonds is 6. The Morgan fingerprint density at radius 3 is 2.48 bits per heavy atom. The molecular formula is C17H17Cl2N3O3. The van der Waals surface area contributed by atoms with Crippen LogP contribution in [-0.4, -0.2) is 29.3 Å². The van der Waals surface area contributed by atoms with Crippen molar-refractivity contribution in [2.75, 3.05) is 18.9 Å². The molecule has 0 aliphatic carbocycles. The van der Waals surface area contributed by atoms with Crippen molar-refractivity contribution in [2.45, 2.75) is 13.5 Å². The summed E-state index contributed by atoms with van der Waals surface area (Å²) >= 11 is 11.9. The molecule has 0 aromatic heterocycles. The molecule has 0 saturated carbocycles. The highest BCUT2D eigenvalue weighted by Crippen LogP contribution is 2.25. The molecule has 0 aliphatic heterocycles. The molecule has 2 rings (SSSR count). The number of halogens is 2. The number of hydrogen-bond acceptors (Lipinski definition) is 4. The Kier molecular flexibility index (Phi) is 6.36. The van der Waals surface area contributed by atoms with Gasteiger partial charge in [-0.05, 0) is 43.8 Å². The molecule has 2 aromatic carbocycles. The number of nitrogens with zero attached hydrogens (tertiary/aromatic N) is 2. The van der Waals surface area contributed by atoms with Gasteiger partial charge in [0, 0.05) is 22.7 Å². The van der Waals surface area contributed by atoms with Crippen molar-refractivity contribution < 1.29 is 9.72 Å². The maximum Gasteiger partial charge on any atom is 0.274 e. The summed E-state index contributed by atoms with van der Waals surface area (Å²) < 4.78 is 0. The van der Waals surface area contributed by atoms with E-state index in [0.717, 1.165) is 5.56 Å². The molecule has 0 radical (unpaired) electrons. The third kappa shape index (κ3) is 5.42. The minimum atomic E-state index is -0.472. The van der Waals surface area contributed by atoms with Crippen molar-refractivity contribution in [2.24, 2.45) is 0 Å². The minimum Gasteiger partial charge on any atom is -0.324 e. The second kappa shape index (κ2) is 8.29. The van der Waals surface area contributed by atoms with Crippen LogP contribution in [0.4, 0.5) is 11.4 Å². The lowest BCUT2D eigenvalue weighted by Crippen LogP contribution is -2.30. The monoisotopic (exact) mass is 381 g/mol. The molecule has 0 bridgehead atoms. The van der Waals surface area contributed by atoms with Crippen molar-refractivity contribution in [3.63, 3.8) is 0 Å². The van der Waals surface area contributed by atoms with E-state index >= 15 is 0 Å². The molecule has 0 spiro atoms. The van der Waals surface area contributed by atoms with Gasteiger partial charge in [-0.25, -0.2) is 0 Å². The second-order valence-electron chi connectivity index (χ2n) is 5.70. The van der Waals surface area contributed by atoms with Gasteiger partial charge in [-0.2, -0.15) is 0 Å². The molecule has 0 fully saturated rings. The highest BCUT2D eigenvalue weighted by Gasteiger charge is 2.15. The molecule has 0 aliphatic rings. The molecule has 0 heterocycles. The summed E-state index contributed by atoms with van der Waals surface area (Å²) in [6.07, 6.45) is 0. The van der Waals surface area contributed by atoms with E-state index in [-0.39, 0.29) is 18.1 Å². The minimum absolute atomic E-state index is 0.0280. The Morgan fingerprint density at radius 1 is 1.24 bits per heavy atom. The molecule has 132 valence electrons. The van der Waals surface area contributed by atoms with Gasteiger partial charge in [-0.3, -0.25) is 19.8 Å². The lowest BCUT2D eigenvalue weighted by Gasteiger charge is -2.17. The van der Waals surface area contributed by atoms with Gasteiger partial charge in [0.1, 0.15) is 0 Å². The normalized spacial score (nSPS) is 10.8.